The normalized spacial score (nSPS) is 10.7. The summed E-state index contributed by atoms with van der Waals surface area (Å²) in [4.78, 5) is 14.4. The van der Waals surface area contributed by atoms with E-state index in [1.807, 2.05) is 0 Å². The van der Waals surface area contributed by atoms with Crippen LogP contribution in [-0.2, 0) is 11.3 Å². The lowest BCUT2D eigenvalue weighted by Gasteiger charge is -2.08. The molecule has 0 atom stereocenters. The van der Waals surface area contributed by atoms with E-state index in [0.29, 0.717) is 16.8 Å². The lowest BCUT2D eigenvalue weighted by atomic mass is 10.1. The molecule has 0 spiro atoms. The smallest absolute Gasteiger partial charge is 0.259 e. The van der Waals surface area contributed by atoms with Crippen molar-refractivity contribution in [3.8, 4) is 5.75 Å². The van der Waals surface area contributed by atoms with E-state index in [4.69, 9.17) is 14.6 Å². The van der Waals surface area contributed by atoms with Crippen molar-refractivity contribution in [2.24, 2.45) is 0 Å². The first kappa shape index (κ1) is 11.6. The van der Waals surface area contributed by atoms with Crippen LogP contribution in [0.15, 0.2) is 29.1 Å². The molecule has 0 fully saturated rings. The van der Waals surface area contributed by atoms with Gasteiger partial charge in [-0.1, -0.05) is 12.1 Å². The van der Waals surface area contributed by atoms with E-state index in [9.17, 15) is 4.79 Å². The highest BCUT2D eigenvalue weighted by molar-refractivity contribution is 5.87. The molecule has 1 heterocycles. The summed E-state index contributed by atoms with van der Waals surface area (Å²) in [5, 5.41) is 10.2. The van der Waals surface area contributed by atoms with Crippen LogP contribution >= 0.6 is 0 Å². The van der Waals surface area contributed by atoms with Crippen molar-refractivity contribution in [1.29, 1.82) is 0 Å². The molecule has 0 radical (unpaired) electrons. The number of pyridine rings is 1. The zero-order chi connectivity index (χ0) is 12.3. The average molecular weight is 235 g/mol. The van der Waals surface area contributed by atoms with E-state index >= 15 is 0 Å². The van der Waals surface area contributed by atoms with Gasteiger partial charge in [0.1, 0.15) is 5.75 Å². The fourth-order valence-corrected chi connectivity index (χ4v) is 1.67. The third-order valence-corrected chi connectivity index (χ3v) is 2.39. The van der Waals surface area contributed by atoms with Crippen LogP contribution in [0, 0.1) is 0 Å². The van der Waals surface area contributed by atoms with Gasteiger partial charge in [0.2, 0.25) is 0 Å². The molecule has 90 valence electrons. The summed E-state index contributed by atoms with van der Waals surface area (Å²) in [5.41, 5.74) is 0.199. The second-order valence-electron chi connectivity index (χ2n) is 3.55. The molecule has 2 rings (SSSR count). The number of aliphatic hydroxyl groups excluding tert-OH is 1. The van der Waals surface area contributed by atoms with Crippen molar-refractivity contribution in [2.45, 2.75) is 6.61 Å². The number of fused-ring (bicyclic) bond motifs is 1. The van der Waals surface area contributed by atoms with Crippen LogP contribution < -0.4 is 10.3 Å². The maximum Gasteiger partial charge on any atom is 0.259 e. The molecular formula is C12H13NO4. The van der Waals surface area contributed by atoms with E-state index in [-0.39, 0.29) is 19.0 Å². The molecule has 0 amide bonds. The molecular weight excluding hydrogens is 222 g/mol. The number of methoxy groups -OCH3 is 1. The number of nitrogens with one attached hydrogen (secondary N) is 1. The summed E-state index contributed by atoms with van der Waals surface area (Å²) >= 11 is 0. The lowest BCUT2D eigenvalue weighted by Crippen LogP contribution is -2.11. The molecule has 0 bridgehead atoms. The Labute approximate surface area is 97.6 Å². The molecule has 0 saturated heterocycles. The topological polar surface area (TPSA) is 71.5 Å². The molecule has 17 heavy (non-hydrogen) atoms. The minimum Gasteiger partial charge on any atom is -0.467 e. The SMILES string of the molecule is COCOc1cccc2cc(CO)[nH]c(=O)c12. The van der Waals surface area contributed by atoms with Gasteiger partial charge in [-0.25, -0.2) is 0 Å². The van der Waals surface area contributed by atoms with Crippen LogP contribution in [0.25, 0.3) is 10.8 Å². The van der Waals surface area contributed by atoms with Crippen molar-refractivity contribution in [2.75, 3.05) is 13.9 Å². The molecule has 0 unspecified atom stereocenters. The van der Waals surface area contributed by atoms with Crippen LogP contribution in [0.3, 0.4) is 0 Å². The van der Waals surface area contributed by atoms with Crippen LogP contribution in [0.2, 0.25) is 0 Å². The first-order chi connectivity index (χ1) is 8.26. The van der Waals surface area contributed by atoms with Gasteiger partial charge in [0.25, 0.3) is 5.56 Å². The maximum atomic E-state index is 11.9. The number of aliphatic hydroxyl groups is 1. The van der Waals surface area contributed by atoms with Gasteiger partial charge in [-0.15, -0.1) is 0 Å². The molecule has 0 aliphatic rings. The summed E-state index contributed by atoms with van der Waals surface area (Å²) in [6, 6.07) is 7.00. The summed E-state index contributed by atoms with van der Waals surface area (Å²) in [5.74, 6) is 0.468. The highest BCUT2D eigenvalue weighted by atomic mass is 16.7. The lowest BCUT2D eigenvalue weighted by molar-refractivity contribution is 0.0522. The zero-order valence-corrected chi connectivity index (χ0v) is 9.40. The minimum absolute atomic E-state index is 0.0836. The maximum absolute atomic E-state index is 11.9. The fourth-order valence-electron chi connectivity index (χ4n) is 1.67. The van der Waals surface area contributed by atoms with Crippen molar-refractivity contribution in [3.63, 3.8) is 0 Å². The highest BCUT2D eigenvalue weighted by Gasteiger charge is 2.07. The predicted octanol–water partition coefficient (Wildman–Crippen LogP) is 1.00. The van der Waals surface area contributed by atoms with Crippen molar-refractivity contribution in [1.82, 2.24) is 4.98 Å². The quantitative estimate of drug-likeness (QED) is 0.775. The number of ether oxygens (including phenoxy) is 2. The Morgan fingerprint density at radius 3 is 2.94 bits per heavy atom. The third kappa shape index (κ3) is 2.30. The molecule has 0 aliphatic carbocycles. The van der Waals surface area contributed by atoms with Crippen molar-refractivity contribution in [3.05, 3.63) is 40.3 Å². The van der Waals surface area contributed by atoms with Crippen LogP contribution in [0.5, 0.6) is 5.75 Å². The van der Waals surface area contributed by atoms with Gasteiger partial charge in [-0.2, -0.15) is 0 Å². The Bertz CT molecular complexity index is 576. The molecule has 0 aliphatic heterocycles. The number of aromatic nitrogens is 1. The standard InChI is InChI=1S/C12H13NO4/c1-16-7-17-10-4-2-3-8-5-9(6-14)13-12(15)11(8)10/h2-5,14H,6-7H2,1H3,(H,13,15). The average Bonchev–Trinajstić information content (AvgIpc) is 2.35. The number of rotatable bonds is 4. The minimum atomic E-state index is -0.279. The largest absolute Gasteiger partial charge is 0.467 e. The number of H-pyrrole nitrogens is 1. The van der Waals surface area contributed by atoms with Gasteiger partial charge in [0.05, 0.1) is 12.0 Å². The Hall–Kier alpha value is -1.85. The number of hydrogen-bond acceptors (Lipinski definition) is 4. The molecule has 2 aromatic rings. The summed E-state index contributed by atoms with van der Waals surface area (Å²) in [6.45, 7) is -0.116. The van der Waals surface area contributed by atoms with E-state index in [1.54, 1.807) is 24.3 Å². The summed E-state index contributed by atoms with van der Waals surface area (Å²) in [6.07, 6.45) is 0. The van der Waals surface area contributed by atoms with Crippen LogP contribution in [0.4, 0.5) is 0 Å². The first-order valence-electron chi connectivity index (χ1n) is 5.13. The van der Waals surface area contributed by atoms with Crippen molar-refractivity contribution < 1.29 is 14.6 Å². The van der Waals surface area contributed by atoms with Crippen LogP contribution in [-0.4, -0.2) is 24.0 Å². The van der Waals surface area contributed by atoms with Gasteiger partial charge in [-0.3, -0.25) is 4.79 Å². The molecule has 0 saturated carbocycles. The Balaban J connectivity index is 2.59. The summed E-state index contributed by atoms with van der Waals surface area (Å²) in [7, 11) is 1.51. The molecule has 5 heteroatoms. The van der Waals surface area contributed by atoms with Crippen LogP contribution in [0.1, 0.15) is 5.69 Å². The highest BCUT2D eigenvalue weighted by Crippen LogP contribution is 2.22. The van der Waals surface area contributed by atoms with Gasteiger partial charge < -0.3 is 19.6 Å². The van der Waals surface area contributed by atoms with E-state index < -0.39 is 0 Å². The van der Waals surface area contributed by atoms with E-state index in [2.05, 4.69) is 4.98 Å². The van der Waals surface area contributed by atoms with Gasteiger partial charge in [0, 0.05) is 12.8 Å². The van der Waals surface area contributed by atoms with E-state index in [1.165, 1.54) is 7.11 Å². The predicted molar refractivity (Wildman–Crippen MR) is 63.0 cm³/mol. The number of hydrogen-bond donors (Lipinski definition) is 2. The third-order valence-electron chi connectivity index (χ3n) is 2.39. The van der Waals surface area contributed by atoms with Crippen molar-refractivity contribution >= 4 is 10.8 Å². The molecule has 1 aromatic carbocycles. The molecule has 5 nitrogen and oxygen atoms in total. The Morgan fingerprint density at radius 1 is 1.41 bits per heavy atom. The van der Waals surface area contributed by atoms with E-state index in [0.717, 1.165) is 5.39 Å². The zero-order valence-electron chi connectivity index (χ0n) is 9.40. The monoisotopic (exact) mass is 235 g/mol. The summed E-state index contributed by atoms with van der Waals surface area (Å²) < 4.78 is 10.1. The Morgan fingerprint density at radius 2 is 2.24 bits per heavy atom. The van der Waals surface area contributed by atoms with Gasteiger partial charge in [-0.05, 0) is 17.5 Å². The second-order valence-corrected chi connectivity index (χ2v) is 3.55. The fraction of sp³-hybridized carbons (Fsp3) is 0.250. The second kappa shape index (κ2) is 4.99. The number of aromatic amines is 1. The molecule has 1 aromatic heterocycles. The number of benzene rings is 1. The molecule has 2 N–H and O–H groups in total. The first-order valence-corrected chi connectivity index (χ1v) is 5.13. The Kier molecular flexibility index (Phi) is 3.41. The van der Waals surface area contributed by atoms with Gasteiger partial charge in [0.15, 0.2) is 6.79 Å². The van der Waals surface area contributed by atoms with Gasteiger partial charge >= 0.3 is 0 Å².